The monoisotopic (exact) mass is 134 g/mol. The lowest BCUT2D eigenvalue weighted by Crippen LogP contribution is -1.99. The summed E-state index contributed by atoms with van der Waals surface area (Å²) in [4.78, 5) is 9.92. The molecule has 1 atom stereocenters. The molecule has 0 heterocycles. The van der Waals surface area contributed by atoms with Gasteiger partial charge in [-0.25, -0.2) is 8.78 Å². The lowest BCUT2D eigenvalue weighted by atomic mass is 10.1. The Bertz CT molecular complexity index is 137. The number of hydrogen-bond acceptors (Lipinski definition) is 1. The Morgan fingerprint density at radius 2 is 1.78 bits per heavy atom. The summed E-state index contributed by atoms with van der Waals surface area (Å²) in [7, 11) is 0. The molecule has 1 rings (SSSR count). The Morgan fingerprint density at radius 3 is 1.78 bits per heavy atom. The fraction of sp³-hybridized carbons (Fsp3) is 0.833. The molecule has 0 radical (unpaired) electrons. The van der Waals surface area contributed by atoms with Crippen molar-refractivity contribution in [1.29, 1.82) is 0 Å². The molecule has 1 aliphatic carbocycles. The molecule has 0 aromatic rings. The molecule has 3 heteroatoms. The van der Waals surface area contributed by atoms with E-state index in [1.807, 2.05) is 0 Å². The van der Waals surface area contributed by atoms with Crippen molar-refractivity contribution in [2.24, 2.45) is 11.3 Å². The van der Waals surface area contributed by atoms with Crippen LogP contribution in [0.5, 0.6) is 0 Å². The lowest BCUT2D eigenvalue weighted by molar-refractivity contribution is -0.110. The molecule has 0 aliphatic heterocycles. The predicted molar refractivity (Wildman–Crippen MR) is 28.3 cm³/mol. The average Bonchev–Trinajstić information content (AvgIpc) is 2.00. The Hall–Kier alpha value is -0.470. The maximum Gasteiger partial charge on any atom is 0.264 e. The summed E-state index contributed by atoms with van der Waals surface area (Å²) in [5.74, 6) is -3.81. The van der Waals surface area contributed by atoms with E-state index in [4.69, 9.17) is 0 Å². The summed E-state index contributed by atoms with van der Waals surface area (Å²) in [6.45, 7) is 2.79. The number of rotatable bonds is 1. The summed E-state index contributed by atoms with van der Waals surface area (Å²) in [6, 6.07) is 0. The molecular weight excluding hydrogens is 126 g/mol. The molecule has 1 saturated carbocycles. The zero-order chi connectivity index (χ0) is 7.28. The third-order valence-electron chi connectivity index (χ3n) is 2.08. The van der Waals surface area contributed by atoms with E-state index < -0.39 is 17.3 Å². The molecule has 9 heavy (non-hydrogen) atoms. The molecule has 1 unspecified atom stereocenters. The van der Waals surface area contributed by atoms with Crippen LogP contribution in [0, 0.1) is 11.3 Å². The molecule has 0 amide bonds. The lowest BCUT2D eigenvalue weighted by Gasteiger charge is -1.95. The van der Waals surface area contributed by atoms with Crippen molar-refractivity contribution in [3.63, 3.8) is 0 Å². The molecule has 0 spiro atoms. The van der Waals surface area contributed by atoms with Crippen molar-refractivity contribution in [2.45, 2.75) is 19.8 Å². The van der Waals surface area contributed by atoms with Crippen LogP contribution in [0.3, 0.4) is 0 Å². The second kappa shape index (κ2) is 1.33. The van der Waals surface area contributed by atoms with Crippen molar-refractivity contribution in [3.8, 4) is 0 Å². The number of hydrogen-bond donors (Lipinski definition) is 0. The minimum atomic E-state index is -2.76. The van der Waals surface area contributed by atoms with Gasteiger partial charge in [0.15, 0.2) is 0 Å². The Kier molecular flexibility index (Phi) is 0.983. The first kappa shape index (κ1) is 6.65. The van der Waals surface area contributed by atoms with Crippen LogP contribution in [0.25, 0.3) is 0 Å². The number of carbonyl (C=O) groups is 1. The van der Waals surface area contributed by atoms with E-state index in [1.54, 1.807) is 0 Å². The van der Waals surface area contributed by atoms with Gasteiger partial charge in [0, 0.05) is 5.41 Å². The predicted octanol–water partition coefficient (Wildman–Crippen LogP) is 1.48. The number of alkyl halides is 2. The zero-order valence-corrected chi connectivity index (χ0v) is 5.32. The quantitative estimate of drug-likeness (QED) is 0.496. The van der Waals surface area contributed by atoms with E-state index in [1.165, 1.54) is 13.8 Å². The number of aldehydes is 1. The molecule has 0 aromatic carbocycles. The van der Waals surface area contributed by atoms with Crippen LogP contribution in [0.1, 0.15) is 13.8 Å². The molecule has 1 nitrogen and oxygen atoms in total. The molecule has 1 fully saturated rings. The van der Waals surface area contributed by atoms with Gasteiger partial charge < -0.3 is 4.79 Å². The summed E-state index contributed by atoms with van der Waals surface area (Å²) in [5.41, 5.74) is -1.09. The van der Waals surface area contributed by atoms with Gasteiger partial charge in [-0.05, 0) is 0 Å². The molecule has 0 saturated heterocycles. The van der Waals surface area contributed by atoms with Gasteiger partial charge in [0.05, 0.1) is 5.92 Å². The maximum absolute atomic E-state index is 12.3. The highest BCUT2D eigenvalue weighted by Gasteiger charge is 2.75. The first-order valence-electron chi connectivity index (χ1n) is 2.77. The van der Waals surface area contributed by atoms with E-state index in [-0.39, 0.29) is 0 Å². The SMILES string of the molecule is CC1(C)C(C=O)C1(F)F. The first-order valence-corrected chi connectivity index (χ1v) is 2.77. The van der Waals surface area contributed by atoms with Gasteiger partial charge in [-0.15, -0.1) is 0 Å². The molecule has 1 aliphatic rings. The van der Waals surface area contributed by atoms with E-state index in [0.717, 1.165) is 0 Å². The smallest absolute Gasteiger partial charge is 0.264 e. The van der Waals surface area contributed by atoms with Crippen LogP contribution in [-0.4, -0.2) is 12.2 Å². The third-order valence-corrected chi connectivity index (χ3v) is 2.08. The Balaban J connectivity index is 2.77. The number of carbonyl (C=O) groups excluding carboxylic acids is 1. The van der Waals surface area contributed by atoms with Crippen molar-refractivity contribution in [3.05, 3.63) is 0 Å². The second-order valence-electron chi connectivity index (χ2n) is 2.96. The van der Waals surface area contributed by atoms with Gasteiger partial charge in [0.25, 0.3) is 5.92 Å². The van der Waals surface area contributed by atoms with Crippen LogP contribution in [0.15, 0.2) is 0 Å². The fourth-order valence-electron chi connectivity index (χ4n) is 0.950. The van der Waals surface area contributed by atoms with E-state index in [9.17, 15) is 13.6 Å². The van der Waals surface area contributed by atoms with Gasteiger partial charge >= 0.3 is 0 Å². The molecule has 52 valence electrons. The van der Waals surface area contributed by atoms with Crippen LogP contribution < -0.4 is 0 Å². The van der Waals surface area contributed by atoms with Crippen LogP contribution >= 0.6 is 0 Å². The molecule has 0 aromatic heterocycles. The van der Waals surface area contributed by atoms with Crippen molar-refractivity contribution >= 4 is 6.29 Å². The minimum absolute atomic E-state index is 0.333. The van der Waals surface area contributed by atoms with Crippen LogP contribution in [0.4, 0.5) is 8.78 Å². The standard InChI is InChI=1S/C6H8F2O/c1-5(2)4(3-9)6(5,7)8/h3-4H,1-2H3. The summed E-state index contributed by atoms with van der Waals surface area (Å²) < 4.78 is 24.7. The van der Waals surface area contributed by atoms with E-state index >= 15 is 0 Å². The van der Waals surface area contributed by atoms with Gasteiger partial charge in [-0.3, -0.25) is 0 Å². The van der Waals surface area contributed by atoms with Crippen molar-refractivity contribution < 1.29 is 13.6 Å². The summed E-state index contributed by atoms with van der Waals surface area (Å²) in [5, 5.41) is 0. The second-order valence-corrected chi connectivity index (χ2v) is 2.96. The third kappa shape index (κ3) is 0.546. The van der Waals surface area contributed by atoms with Crippen LogP contribution in [0.2, 0.25) is 0 Å². The topological polar surface area (TPSA) is 17.1 Å². The minimum Gasteiger partial charge on any atom is -0.303 e. The van der Waals surface area contributed by atoms with Gasteiger partial charge in [-0.2, -0.15) is 0 Å². The summed E-state index contributed by atoms with van der Waals surface area (Å²) >= 11 is 0. The average molecular weight is 134 g/mol. The first-order chi connectivity index (χ1) is 3.94. The number of halogens is 2. The zero-order valence-electron chi connectivity index (χ0n) is 5.32. The van der Waals surface area contributed by atoms with Gasteiger partial charge in [0.1, 0.15) is 6.29 Å². The fourth-order valence-corrected chi connectivity index (χ4v) is 0.950. The molecule has 0 N–H and O–H groups in total. The van der Waals surface area contributed by atoms with Crippen molar-refractivity contribution in [2.75, 3.05) is 0 Å². The van der Waals surface area contributed by atoms with E-state index in [0.29, 0.717) is 6.29 Å². The molecular formula is C6H8F2O. The van der Waals surface area contributed by atoms with Gasteiger partial charge in [-0.1, -0.05) is 13.8 Å². The van der Waals surface area contributed by atoms with Gasteiger partial charge in [0.2, 0.25) is 0 Å². The highest BCUT2D eigenvalue weighted by molar-refractivity contribution is 5.63. The van der Waals surface area contributed by atoms with E-state index in [2.05, 4.69) is 0 Å². The highest BCUT2D eigenvalue weighted by Crippen LogP contribution is 2.64. The van der Waals surface area contributed by atoms with Crippen molar-refractivity contribution in [1.82, 2.24) is 0 Å². The van der Waals surface area contributed by atoms with Crippen LogP contribution in [-0.2, 0) is 4.79 Å². The Labute approximate surface area is 52.1 Å². The highest BCUT2D eigenvalue weighted by atomic mass is 19.3. The maximum atomic E-state index is 12.3. The normalized spacial score (nSPS) is 35.8. The largest absolute Gasteiger partial charge is 0.303 e. The molecule has 0 bridgehead atoms. The Morgan fingerprint density at radius 1 is 1.44 bits per heavy atom. The summed E-state index contributed by atoms with van der Waals surface area (Å²) in [6.07, 6.45) is 0.333.